The van der Waals surface area contributed by atoms with Gasteiger partial charge in [0.25, 0.3) is 0 Å². The SMILES string of the molecule is CS(=O)(=O)c1ccc(C2[CH]C2)cc1. The van der Waals surface area contributed by atoms with Crippen molar-refractivity contribution < 1.29 is 8.42 Å². The van der Waals surface area contributed by atoms with Gasteiger partial charge in [-0.1, -0.05) is 12.1 Å². The summed E-state index contributed by atoms with van der Waals surface area (Å²) in [5.41, 5.74) is 1.22. The van der Waals surface area contributed by atoms with Crippen molar-refractivity contribution in [2.45, 2.75) is 17.2 Å². The summed E-state index contributed by atoms with van der Waals surface area (Å²) >= 11 is 0. The highest BCUT2D eigenvalue weighted by Gasteiger charge is 2.23. The van der Waals surface area contributed by atoms with Gasteiger partial charge in [0.1, 0.15) is 0 Å². The molecule has 0 amide bonds. The van der Waals surface area contributed by atoms with E-state index in [2.05, 4.69) is 6.42 Å². The topological polar surface area (TPSA) is 34.1 Å². The third kappa shape index (κ3) is 1.91. The maximum Gasteiger partial charge on any atom is 0.175 e. The summed E-state index contributed by atoms with van der Waals surface area (Å²) in [5.74, 6) is 0.564. The second-order valence-corrected chi connectivity index (χ2v) is 5.43. The molecule has 69 valence electrons. The van der Waals surface area contributed by atoms with Crippen molar-refractivity contribution in [3.8, 4) is 0 Å². The van der Waals surface area contributed by atoms with Crippen LogP contribution in [-0.4, -0.2) is 14.7 Å². The minimum atomic E-state index is -3.04. The second-order valence-electron chi connectivity index (χ2n) is 3.42. The second kappa shape index (κ2) is 2.84. The van der Waals surface area contributed by atoms with E-state index in [1.165, 1.54) is 11.8 Å². The number of benzene rings is 1. The van der Waals surface area contributed by atoms with E-state index in [4.69, 9.17) is 0 Å². The van der Waals surface area contributed by atoms with Crippen molar-refractivity contribution in [2.75, 3.05) is 6.26 Å². The molecule has 1 fully saturated rings. The molecule has 1 aliphatic rings. The van der Waals surface area contributed by atoms with Crippen LogP contribution in [0.25, 0.3) is 0 Å². The molecule has 2 nitrogen and oxygen atoms in total. The van der Waals surface area contributed by atoms with Crippen molar-refractivity contribution in [3.63, 3.8) is 0 Å². The van der Waals surface area contributed by atoms with Crippen LogP contribution >= 0.6 is 0 Å². The van der Waals surface area contributed by atoms with Crippen molar-refractivity contribution in [1.82, 2.24) is 0 Å². The molecule has 0 heterocycles. The summed E-state index contributed by atoms with van der Waals surface area (Å²) < 4.78 is 22.2. The number of rotatable bonds is 2. The summed E-state index contributed by atoms with van der Waals surface area (Å²) in [6.45, 7) is 0. The van der Waals surface area contributed by atoms with Crippen LogP contribution in [0.5, 0.6) is 0 Å². The molecule has 1 aliphatic carbocycles. The molecular formula is C10H11O2S. The van der Waals surface area contributed by atoms with Crippen LogP contribution in [-0.2, 0) is 9.84 Å². The van der Waals surface area contributed by atoms with Crippen LogP contribution in [0.15, 0.2) is 29.2 Å². The van der Waals surface area contributed by atoms with Crippen molar-refractivity contribution in [2.24, 2.45) is 0 Å². The first-order valence-electron chi connectivity index (χ1n) is 4.21. The molecule has 2 rings (SSSR count). The third-order valence-corrected chi connectivity index (χ3v) is 3.34. The van der Waals surface area contributed by atoms with Gasteiger partial charge >= 0.3 is 0 Å². The molecule has 1 atom stereocenters. The highest BCUT2D eigenvalue weighted by Crippen LogP contribution is 2.38. The Bertz CT molecular complexity index is 399. The first kappa shape index (κ1) is 8.75. The Morgan fingerprint density at radius 2 is 1.77 bits per heavy atom. The fraction of sp³-hybridized carbons (Fsp3) is 0.300. The molecule has 0 spiro atoms. The van der Waals surface area contributed by atoms with Gasteiger partial charge < -0.3 is 0 Å². The first-order valence-corrected chi connectivity index (χ1v) is 6.10. The Hall–Kier alpha value is -0.830. The largest absolute Gasteiger partial charge is 0.224 e. The van der Waals surface area contributed by atoms with E-state index in [1.54, 1.807) is 12.1 Å². The molecule has 3 heteroatoms. The Morgan fingerprint density at radius 3 is 2.15 bits per heavy atom. The monoisotopic (exact) mass is 195 g/mol. The lowest BCUT2D eigenvalue weighted by atomic mass is 10.1. The molecule has 0 aliphatic heterocycles. The van der Waals surface area contributed by atoms with E-state index in [0.29, 0.717) is 10.8 Å². The van der Waals surface area contributed by atoms with Gasteiger partial charge in [0.05, 0.1) is 4.90 Å². The van der Waals surface area contributed by atoms with Gasteiger partial charge in [-0.15, -0.1) is 0 Å². The van der Waals surface area contributed by atoms with E-state index < -0.39 is 9.84 Å². The maximum atomic E-state index is 11.1. The highest BCUT2D eigenvalue weighted by atomic mass is 32.2. The van der Waals surface area contributed by atoms with Crippen LogP contribution in [0.3, 0.4) is 0 Å². The van der Waals surface area contributed by atoms with Crippen LogP contribution in [0.1, 0.15) is 17.9 Å². The van der Waals surface area contributed by atoms with Gasteiger partial charge in [-0.25, -0.2) is 8.42 Å². The van der Waals surface area contributed by atoms with Crippen LogP contribution in [0.2, 0.25) is 0 Å². The van der Waals surface area contributed by atoms with E-state index in [1.807, 2.05) is 12.1 Å². The standard InChI is InChI=1S/C10H11O2S/c1-13(11,12)10-6-4-9(5-7-10)8-2-3-8/h2,4-8H,3H2,1H3. The summed E-state index contributed by atoms with van der Waals surface area (Å²) in [6.07, 6.45) is 4.55. The molecule has 1 aromatic carbocycles. The van der Waals surface area contributed by atoms with Crippen molar-refractivity contribution >= 4 is 9.84 Å². The van der Waals surface area contributed by atoms with Crippen molar-refractivity contribution in [3.05, 3.63) is 36.2 Å². The van der Waals surface area contributed by atoms with Crippen LogP contribution in [0, 0.1) is 6.42 Å². The summed E-state index contributed by atoms with van der Waals surface area (Å²) in [7, 11) is -3.04. The van der Waals surface area contributed by atoms with E-state index >= 15 is 0 Å². The molecule has 0 saturated heterocycles. The van der Waals surface area contributed by atoms with Gasteiger partial charge in [0, 0.05) is 6.26 Å². The Balaban J connectivity index is 2.33. The zero-order chi connectivity index (χ0) is 9.47. The minimum Gasteiger partial charge on any atom is -0.224 e. The molecule has 1 unspecified atom stereocenters. The summed E-state index contributed by atoms with van der Waals surface area (Å²) in [4.78, 5) is 0.400. The lowest BCUT2D eigenvalue weighted by Crippen LogP contribution is -1.96. The zero-order valence-electron chi connectivity index (χ0n) is 7.40. The molecule has 1 aromatic rings. The summed E-state index contributed by atoms with van der Waals surface area (Å²) in [6, 6.07) is 7.14. The van der Waals surface area contributed by atoms with Gasteiger partial charge in [0.15, 0.2) is 9.84 Å². The number of sulfone groups is 1. The molecule has 13 heavy (non-hydrogen) atoms. The Kier molecular flexibility index (Phi) is 1.91. The molecular weight excluding hydrogens is 184 g/mol. The van der Waals surface area contributed by atoms with E-state index in [9.17, 15) is 8.42 Å². The fourth-order valence-corrected chi connectivity index (χ4v) is 1.93. The van der Waals surface area contributed by atoms with Crippen molar-refractivity contribution in [1.29, 1.82) is 0 Å². The lowest BCUT2D eigenvalue weighted by molar-refractivity contribution is 0.602. The molecule has 0 N–H and O–H groups in total. The highest BCUT2D eigenvalue weighted by molar-refractivity contribution is 7.90. The number of hydrogen-bond donors (Lipinski definition) is 0. The quantitative estimate of drug-likeness (QED) is 0.721. The number of hydrogen-bond acceptors (Lipinski definition) is 2. The minimum absolute atomic E-state index is 0.400. The van der Waals surface area contributed by atoms with Gasteiger partial charge in [0.2, 0.25) is 0 Å². The lowest BCUT2D eigenvalue weighted by Gasteiger charge is -2.00. The first-order chi connectivity index (χ1) is 6.07. The van der Waals surface area contributed by atoms with Gasteiger partial charge in [-0.3, -0.25) is 0 Å². The third-order valence-electron chi connectivity index (χ3n) is 2.21. The van der Waals surface area contributed by atoms with Gasteiger partial charge in [-0.2, -0.15) is 0 Å². The average molecular weight is 195 g/mol. The fourth-order valence-electron chi connectivity index (χ4n) is 1.30. The molecule has 0 bridgehead atoms. The summed E-state index contributed by atoms with van der Waals surface area (Å²) in [5, 5.41) is 0. The van der Waals surface area contributed by atoms with E-state index in [0.717, 1.165) is 6.42 Å². The van der Waals surface area contributed by atoms with Gasteiger partial charge in [-0.05, 0) is 36.5 Å². The Labute approximate surface area is 78.5 Å². The molecule has 0 aromatic heterocycles. The normalized spacial score (nSPS) is 17.3. The Morgan fingerprint density at radius 1 is 1.23 bits per heavy atom. The zero-order valence-corrected chi connectivity index (χ0v) is 8.21. The van der Waals surface area contributed by atoms with E-state index in [-0.39, 0.29) is 0 Å². The predicted octanol–water partition coefficient (Wildman–Crippen LogP) is 1.78. The molecule has 1 radical (unpaired) electrons. The van der Waals surface area contributed by atoms with Crippen LogP contribution in [0.4, 0.5) is 0 Å². The van der Waals surface area contributed by atoms with Crippen LogP contribution < -0.4 is 0 Å². The maximum absolute atomic E-state index is 11.1. The predicted molar refractivity (Wildman–Crippen MR) is 51.2 cm³/mol. The molecule has 1 saturated carbocycles. The average Bonchev–Trinajstić information content (AvgIpc) is 2.85. The smallest absolute Gasteiger partial charge is 0.175 e.